The summed E-state index contributed by atoms with van der Waals surface area (Å²) >= 11 is 0. The first-order valence-corrected chi connectivity index (χ1v) is 7.00. The van der Waals surface area contributed by atoms with Crippen molar-refractivity contribution in [3.8, 4) is 0 Å². The molecule has 0 spiro atoms. The van der Waals surface area contributed by atoms with Crippen LogP contribution in [0, 0.1) is 20.8 Å². The van der Waals surface area contributed by atoms with Gasteiger partial charge in [-0.3, -0.25) is 4.79 Å². The van der Waals surface area contributed by atoms with Gasteiger partial charge in [0.2, 0.25) is 0 Å². The Hall–Kier alpha value is -2.62. The van der Waals surface area contributed by atoms with Crippen LogP contribution in [0.2, 0.25) is 0 Å². The predicted molar refractivity (Wildman–Crippen MR) is 86.4 cm³/mol. The van der Waals surface area contributed by atoms with Gasteiger partial charge in [-0.15, -0.1) is 0 Å². The van der Waals surface area contributed by atoms with Crippen molar-refractivity contribution in [2.24, 2.45) is 0 Å². The Morgan fingerprint density at radius 3 is 2.23 bits per heavy atom. The van der Waals surface area contributed by atoms with Gasteiger partial charge in [0.25, 0.3) is 5.91 Å². The van der Waals surface area contributed by atoms with E-state index in [1.807, 2.05) is 32.0 Å². The molecule has 0 aliphatic carbocycles. The molecule has 0 radical (unpaired) electrons. The Kier molecular flexibility index (Phi) is 4.61. The van der Waals surface area contributed by atoms with Crippen LogP contribution < -0.4 is 5.32 Å². The van der Waals surface area contributed by atoms with Gasteiger partial charge >= 0.3 is 5.97 Å². The largest absolute Gasteiger partial charge is 0.465 e. The van der Waals surface area contributed by atoms with Crippen LogP contribution in [0.5, 0.6) is 0 Å². The van der Waals surface area contributed by atoms with Crippen LogP contribution in [0.15, 0.2) is 36.4 Å². The summed E-state index contributed by atoms with van der Waals surface area (Å²) in [7, 11) is 1.34. The molecule has 1 N–H and O–H groups in total. The van der Waals surface area contributed by atoms with E-state index in [4.69, 9.17) is 4.74 Å². The van der Waals surface area contributed by atoms with E-state index in [1.54, 1.807) is 25.1 Å². The zero-order valence-corrected chi connectivity index (χ0v) is 13.2. The van der Waals surface area contributed by atoms with E-state index in [0.29, 0.717) is 22.4 Å². The number of aryl methyl sites for hydroxylation is 2. The minimum Gasteiger partial charge on any atom is -0.465 e. The third kappa shape index (κ3) is 3.34. The number of hydrogen-bond acceptors (Lipinski definition) is 3. The molecule has 0 saturated heterocycles. The number of ether oxygens (including phenoxy) is 1. The number of hydrogen-bond donors (Lipinski definition) is 1. The van der Waals surface area contributed by atoms with Crippen LogP contribution >= 0.6 is 0 Å². The molecule has 0 fully saturated rings. The van der Waals surface area contributed by atoms with Crippen molar-refractivity contribution in [2.75, 3.05) is 12.4 Å². The van der Waals surface area contributed by atoms with Crippen LogP contribution in [0.25, 0.3) is 0 Å². The topological polar surface area (TPSA) is 55.4 Å². The first kappa shape index (κ1) is 15.8. The number of carbonyl (C=O) groups excluding carboxylic acids is 2. The van der Waals surface area contributed by atoms with Gasteiger partial charge in [-0.1, -0.05) is 23.3 Å². The zero-order chi connectivity index (χ0) is 16.3. The molecule has 0 aliphatic rings. The fraction of sp³-hybridized carbons (Fsp3) is 0.222. The van der Waals surface area contributed by atoms with Gasteiger partial charge in [0.1, 0.15) is 0 Å². The number of anilines is 1. The third-order valence-corrected chi connectivity index (χ3v) is 3.47. The predicted octanol–water partition coefficient (Wildman–Crippen LogP) is 3.65. The minimum absolute atomic E-state index is 0.197. The summed E-state index contributed by atoms with van der Waals surface area (Å²) in [5, 5.41) is 2.85. The Balaban J connectivity index is 2.31. The van der Waals surface area contributed by atoms with Gasteiger partial charge < -0.3 is 10.1 Å². The van der Waals surface area contributed by atoms with E-state index in [2.05, 4.69) is 5.32 Å². The smallest absolute Gasteiger partial charge is 0.338 e. The summed E-state index contributed by atoms with van der Waals surface area (Å²) in [6.45, 7) is 5.68. The molecule has 22 heavy (non-hydrogen) atoms. The average molecular weight is 297 g/mol. The third-order valence-electron chi connectivity index (χ3n) is 3.47. The highest BCUT2D eigenvalue weighted by Crippen LogP contribution is 2.21. The standard InChI is InChI=1S/C18H19NO3/c1-11-8-12(2)10-14(9-11)17(20)19-16-7-5-6-15(13(16)3)18(21)22-4/h5-10H,1-4H3,(H,19,20). The van der Waals surface area contributed by atoms with Gasteiger partial charge in [-0.2, -0.15) is 0 Å². The second kappa shape index (κ2) is 6.43. The number of methoxy groups -OCH3 is 1. The van der Waals surface area contributed by atoms with Gasteiger partial charge in [0.05, 0.1) is 12.7 Å². The second-order valence-corrected chi connectivity index (χ2v) is 5.30. The maximum absolute atomic E-state index is 12.4. The van der Waals surface area contributed by atoms with E-state index in [1.165, 1.54) is 7.11 Å². The molecular formula is C18H19NO3. The molecule has 0 aliphatic heterocycles. The number of carbonyl (C=O) groups is 2. The highest BCUT2D eigenvalue weighted by molar-refractivity contribution is 6.05. The molecule has 0 saturated carbocycles. The van der Waals surface area contributed by atoms with Crippen molar-refractivity contribution in [1.82, 2.24) is 0 Å². The van der Waals surface area contributed by atoms with E-state index in [0.717, 1.165) is 11.1 Å². The van der Waals surface area contributed by atoms with Gasteiger partial charge in [0.15, 0.2) is 0 Å². The van der Waals surface area contributed by atoms with Crippen LogP contribution in [0.3, 0.4) is 0 Å². The summed E-state index contributed by atoms with van der Waals surface area (Å²) < 4.78 is 4.74. The summed E-state index contributed by atoms with van der Waals surface area (Å²) in [6, 6.07) is 10.8. The lowest BCUT2D eigenvalue weighted by Gasteiger charge is -2.12. The molecule has 1 amide bonds. The number of amides is 1. The van der Waals surface area contributed by atoms with E-state index >= 15 is 0 Å². The fourth-order valence-electron chi connectivity index (χ4n) is 2.40. The maximum Gasteiger partial charge on any atom is 0.338 e. The molecule has 2 aromatic rings. The normalized spacial score (nSPS) is 10.2. The summed E-state index contributed by atoms with van der Waals surface area (Å²) in [4.78, 5) is 24.1. The lowest BCUT2D eigenvalue weighted by molar-refractivity contribution is 0.0599. The molecule has 4 nitrogen and oxygen atoms in total. The quantitative estimate of drug-likeness (QED) is 0.880. The SMILES string of the molecule is COC(=O)c1cccc(NC(=O)c2cc(C)cc(C)c2)c1C. The van der Waals surface area contributed by atoms with Crippen molar-refractivity contribution in [3.05, 3.63) is 64.2 Å². The average Bonchev–Trinajstić information content (AvgIpc) is 2.47. The minimum atomic E-state index is -0.417. The summed E-state index contributed by atoms with van der Waals surface area (Å²) in [5.74, 6) is -0.614. The monoisotopic (exact) mass is 297 g/mol. The Morgan fingerprint density at radius 1 is 1.00 bits per heavy atom. The summed E-state index contributed by atoms with van der Waals surface area (Å²) in [5.41, 5.74) is 4.40. The maximum atomic E-state index is 12.4. The number of esters is 1. The van der Waals surface area contributed by atoms with Crippen LogP contribution in [-0.4, -0.2) is 19.0 Å². The Labute approximate surface area is 130 Å². The van der Waals surface area contributed by atoms with Crippen LogP contribution in [-0.2, 0) is 4.74 Å². The van der Waals surface area contributed by atoms with Crippen molar-refractivity contribution < 1.29 is 14.3 Å². The number of rotatable bonds is 3. The molecule has 2 rings (SSSR count). The van der Waals surface area contributed by atoms with E-state index in [-0.39, 0.29) is 5.91 Å². The first-order valence-electron chi connectivity index (χ1n) is 7.00. The van der Waals surface area contributed by atoms with E-state index < -0.39 is 5.97 Å². The molecule has 0 heterocycles. The molecule has 0 unspecified atom stereocenters. The highest BCUT2D eigenvalue weighted by atomic mass is 16.5. The fourth-order valence-corrected chi connectivity index (χ4v) is 2.40. The van der Waals surface area contributed by atoms with Crippen molar-refractivity contribution in [3.63, 3.8) is 0 Å². The van der Waals surface area contributed by atoms with Crippen molar-refractivity contribution >= 4 is 17.6 Å². The molecule has 0 atom stereocenters. The van der Waals surface area contributed by atoms with Gasteiger partial charge in [0, 0.05) is 11.3 Å². The van der Waals surface area contributed by atoms with Crippen molar-refractivity contribution in [1.29, 1.82) is 0 Å². The number of nitrogens with one attached hydrogen (secondary N) is 1. The van der Waals surface area contributed by atoms with Gasteiger partial charge in [-0.25, -0.2) is 4.79 Å². The molecular weight excluding hydrogens is 278 g/mol. The van der Waals surface area contributed by atoms with E-state index in [9.17, 15) is 9.59 Å². The number of benzene rings is 2. The highest BCUT2D eigenvalue weighted by Gasteiger charge is 2.14. The lowest BCUT2D eigenvalue weighted by atomic mass is 10.0. The molecule has 2 aromatic carbocycles. The van der Waals surface area contributed by atoms with Crippen molar-refractivity contribution in [2.45, 2.75) is 20.8 Å². The van der Waals surface area contributed by atoms with Gasteiger partial charge in [-0.05, 0) is 50.6 Å². The van der Waals surface area contributed by atoms with Crippen LogP contribution in [0.4, 0.5) is 5.69 Å². The Bertz CT molecular complexity index is 715. The Morgan fingerprint density at radius 2 is 1.64 bits per heavy atom. The molecule has 0 aromatic heterocycles. The molecule has 114 valence electrons. The first-order chi connectivity index (χ1) is 10.4. The lowest BCUT2D eigenvalue weighted by Crippen LogP contribution is -2.14. The molecule has 0 bridgehead atoms. The second-order valence-electron chi connectivity index (χ2n) is 5.30. The molecule has 4 heteroatoms. The zero-order valence-electron chi connectivity index (χ0n) is 13.2. The van der Waals surface area contributed by atoms with Crippen LogP contribution in [0.1, 0.15) is 37.4 Å². The summed E-state index contributed by atoms with van der Waals surface area (Å²) in [6.07, 6.45) is 0.